The molecule has 1 aliphatic rings. The van der Waals surface area contributed by atoms with Crippen molar-refractivity contribution >= 4 is 15.9 Å². The van der Waals surface area contributed by atoms with Crippen LogP contribution in [0.25, 0.3) is 0 Å². The lowest BCUT2D eigenvalue weighted by Crippen LogP contribution is -2.35. The highest BCUT2D eigenvalue weighted by Gasteiger charge is 2.17. The average molecular weight is 286 g/mol. The van der Waals surface area contributed by atoms with E-state index in [1.807, 2.05) is 12.1 Å². The zero-order chi connectivity index (χ0) is 11.8. The molecule has 3 nitrogen and oxygen atoms in total. The Kier molecular flexibility index (Phi) is 3.13. The Morgan fingerprint density at radius 2 is 1.88 bits per heavy atom. The van der Waals surface area contributed by atoms with E-state index in [1.54, 1.807) is 0 Å². The maximum Gasteiger partial charge on any atom is 0.231 e. The van der Waals surface area contributed by atoms with Crippen LogP contribution in [0, 0.1) is 0 Å². The number of ether oxygens (including phenoxy) is 2. The van der Waals surface area contributed by atoms with Crippen molar-refractivity contribution in [3.8, 4) is 11.5 Å². The molecule has 0 radical (unpaired) electrons. The summed E-state index contributed by atoms with van der Waals surface area (Å²) in [6.45, 7) is 7.56. The Morgan fingerprint density at radius 3 is 2.50 bits per heavy atom. The molecule has 0 fully saturated rings. The summed E-state index contributed by atoms with van der Waals surface area (Å²) in [4.78, 5) is 0. The van der Waals surface area contributed by atoms with Gasteiger partial charge in [-0.15, -0.1) is 0 Å². The Hall–Kier alpha value is -0.740. The fourth-order valence-corrected chi connectivity index (χ4v) is 1.92. The van der Waals surface area contributed by atoms with Gasteiger partial charge in [0.15, 0.2) is 11.5 Å². The van der Waals surface area contributed by atoms with Gasteiger partial charge in [-0.05, 0) is 38.5 Å². The highest BCUT2D eigenvalue weighted by atomic mass is 79.9. The molecule has 2 rings (SSSR count). The minimum absolute atomic E-state index is 0.107. The lowest BCUT2D eigenvalue weighted by molar-refractivity contribution is 0.174. The van der Waals surface area contributed by atoms with E-state index in [0.29, 0.717) is 6.79 Å². The molecule has 1 aromatic carbocycles. The van der Waals surface area contributed by atoms with Crippen molar-refractivity contribution in [3.63, 3.8) is 0 Å². The summed E-state index contributed by atoms with van der Waals surface area (Å²) < 4.78 is 11.7. The molecule has 0 saturated heterocycles. The van der Waals surface area contributed by atoms with Gasteiger partial charge in [-0.2, -0.15) is 0 Å². The van der Waals surface area contributed by atoms with Crippen molar-refractivity contribution in [2.24, 2.45) is 0 Å². The molecule has 4 heteroatoms. The molecule has 0 aliphatic carbocycles. The number of hydrogen-bond donors (Lipinski definition) is 1. The summed E-state index contributed by atoms with van der Waals surface area (Å²) in [5.74, 6) is 1.64. The topological polar surface area (TPSA) is 30.5 Å². The van der Waals surface area contributed by atoms with Gasteiger partial charge in [0.2, 0.25) is 6.79 Å². The first-order valence-electron chi connectivity index (χ1n) is 5.29. The van der Waals surface area contributed by atoms with Crippen LogP contribution in [0.4, 0.5) is 0 Å². The summed E-state index contributed by atoms with van der Waals surface area (Å²) in [7, 11) is 0. The van der Waals surface area contributed by atoms with Crippen LogP contribution in [0.1, 0.15) is 26.3 Å². The molecule has 0 unspecified atom stereocenters. The summed E-state index contributed by atoms with van der Waals surface area (Å²) >= 11 is 3.54. The van der Waals surface area contributed by atoms with E-state index < -0.39 is 0 Å². The molecular weight excluding hydrogens is 270 g/mol. The van der Waals surface area contributed by atoms with E-state index in [0.717, 1.165) is 22.5 Å². The van der Waals surface area contributed by atoms with Crippen LogP contribution in [-0.2, 0) is 6.54 Å². The van der Waals surface area contributed by atoms with Gasteiger partial charge < -0.3 is 14.8 Å². The van der Waals surface area contributed by atoms with Crippen molar-refractivity contribution < 1.29 is 9.47 Å². The van der Waals surface area contributed by atoms with Crippen molar-refractivity contribution in [1.29, 1.82) is 0 Å². The number of hydrogen-bond acceptors (Lipinski definition) is 3. The molecule has 0 saturated carbocycles. The number of benzene rings is 1. The summed E-state index contributed by atoms with van der Waals surface area (Å²) in [6.07, 6.45) is 0. The zero-order valence-electron chi connectivity index (χ0n) is 9.76. The molecule has 88 valence electrons. The molecule has 1 heterocycles. The van der Waals surface area contributed by atoms with E-state index in [1.165, 1.54) is 5.56 Å². The predicted octanol–water partition coefficient (Wildman–Crippen LogP) is 3.07. The molecule has 0 bridgehead atoms. The van der Waals surface area contributed by atoms with Gasteiger partial charge >= 0.3 is 0 Å². The van der Waals surface area contributed by atoms with Crippen molar-refractivity contribution in [2.45, 2.75) is 32.9 Å². The Bertz CT molecular complexity index is 399. The van der Waals surface area contributed by atoms with Crippen molar-refractivity contribution in [2.75, 3.05) is 6.79 Å². The molecule has 1 aliphatic heterocycles. The van der Waals surface area contributed by atoms with E-state index in [-0.39, 0.29) is 5.54 Å². The molecule has 16 heavy (non-hydrogen) atoms. The molecule has 0 spiro atoms. The fraction of sp³-hybridized carbons (Fsp3) is 0.500. The lowest BCUT2D eigenvalue weighted by atomic mass is 10.1. The Morgan fingerprint density at radius 1 is 1.25 bits per heavy atom. The van der Waals surface area contributed by atoms with Gasteiger partial charge in [0.25, 0.3) is 0 Å². The number of fused-ring (bicyclic) bond motifs is 1. The van der Waals surface area contributed by atoms with Gasteiger partial charge in [-0.1, -0.05) is 15.9 Å². The number of rotatable bonds is 2. The summed E-state index contributed by atoms with van der Waals surface area (Å²) in [5, 5.41) is 3.44. The summed E-state index contributed by atoms with van der Waals surface area (Å²) in [5.41, 5.74) is 1.29. The van der Waals surface area contributed by atoms with E-state index in [2.05, 4.69) is 42.0 Å². The quantitative estimate of drug-likeness (QED) is 0.906. The summed E-state index contributed by atoms with van der Waals surface area (Å²) in [6, 6.07) is 3.98. The van der Waals surface area contributed by atoms with Gasteiger partial charge in [0.05, 0.1) is 0 Å². The first-order valence-corrected chi connectivity index (χ1v) is 6.08. The minimum Gasteiger partial charge on any atom is -0.454 e. The molecular formula is C12H16BrNO2. The van der Waals surface area contributed by atoms with Gasteiger partial charge in [-0.25, -0.2) is 0 Å². The monoisotopic (exact) mass is 285 g/mol. The third-order valence-corrected chi connectivity index (χ3v) is 3.09. The maximum atomic E-state index is 5.36. The van der Waals surface area contributed by atoms with Crippen LogP contribution in [0.3, 0.4) is 0 Å². The lowest BCUT2D eigenvalue weighted by Gasteiger charge is -2.21. The maximum absolute atomic E-state index is 5.36. The van der Waals surface area contributed by atoms with E-state index in [9.17, 15) is 0 Å². The molecule has 0 aromatic heterocycles. The van der Waals surface area contributed by atoms with Gasteiger partial charge in [0, 0.05) is 16.6 Å². The molecule has 1 N–H and O–H groups in total. The highest BCUT2D eigenvalue weighted by Crippen LogP contribution is 2.36. The van der Waals surface area contributed by atoms with Gasteiger partial charge in [0.1, 0.15) is 0 Å². The number of nitrogens with one attached hydrogen (secondary N) is 1. The largest absolute Gasteiger partial charge is 0.454 e. The third-order valence-electron chi connectivity index (χ3n) is 2.35. The first kappa shape index (κ1) is 11.7. The molecule has 0 atom stereocenters. The number of halogens is 1. The van der Waals surface area contributed by atoms with E-state index in [4.69, 9.17) is 9.47 Å². The second-order valence-corrected chi connectivity index (χ2v) is 5.75. The molecule has 1 aromatic rings. The minimum atomic E-state index is 0.107. The SMILES string of the molecule is CC(C)(C)NCc1cc2c(cc1Br)OCO2. The van der Waals surface area contributed by atoms with Gasteiger partial charge in [-0.3, -0.25) is 0 Å². The highest BCUT2D eigenvalue weighted by molar-refractivity contribution is 9.10. The Balaban J connectivity index is 2.16. The Labute approximate surface area is 104 Å². The van der Waals surface area contributed by atoms with E-state index >= 15 is 0 Å². The third kappa shape index (κ3) is 2.68. The van der Waals surface area contributed by atoms with Crippen LogP contribution < -0.4 is 14.8 Å². The zero-order valence-corrected chi connectivity index (χ0v) is 11.3. The first-order chi connectivity index (χ1) is 7.46. The van der Waals surface area contributed by atoms with Crippen LogP contribution >= 0.6 is 15.9 Å². The standard InChI is InChI=1S/C12H16BrNO2/c1-12(2,3)14-6-8-4-10-11(5-9(8)13)16-7-15-10/h4-5,14H,6-7H2,1-3H3. The molecule has 0 amide bonds. The smallest absolute Gasteiger partial charge is 0.231 e. The predicted molar refractivity (Wildman–Crippen MR) is 66.9 cm³/mol. The van der Waals surface area contributed by atoms with Crippen LogP contribution in [0.5, 0.6) is 11.5 Å². The normalized spacial score (nSPS) is 14.2. The average Bonchev–Trinajstić information content (AvgIpc) is 2.59. The fourth-order valence-electron chi connectivity index (χ4n) is 1.46. The van der Waals surface area contributed by atoms with Crippen LogP contribution in [0.15, 0.2) is 16.6 Å². The second kappa shape index (κ2) is 4.26. The second-order valence-electron chi connectivity index (χ2n) is 4.90. The van der Waals surface area contributed by atoms with Crippen LogP contribution in [0.2, 0.25) is 0 Å². The van der Waals surface area contributed by atoms with Crippen molar-refractivity contribution in [3.05, 3.63) is 22.2 Å². The van der Waals surface area contributed by atoms with Crippen molar-refractivity contribution in [1.82, 2.24) is 5.32 Å². The van der Waals surface area contributed by atoms with Crippen LogP contribution in [-0.4, -0.2) is 12.3 Å².